The Morgan fingerprint density at radius 1 is 0.846 bits per heavy atom. The maximum absolute atomic E-state index is 6.05. The largest absolute Gasteiger partial charge is 0.397 e. The van der Waals surface area contributed by atoms with Crippen LogP contribution in [0.25, 0.3) is 0 Å². The maximum Gasteiger partial charge on any atom is 0.321 e. The van der Waals surface area contributed by atoms with E-state index in [9.17, 15) is 0 Å². The summed E-state index contributed by atoms with van der Waals surface area (Å²) >= 11 is 0. The predicted octanol–water partition coefficient (Wildman–Crippen LogP) is 4.32. The summed E-state index contributed by atoms with van der Waals surface area (Å²) in [5, 5.41) is 0. The van der Waals surface area contributed by atoms with Gasteiger partial charge in [-0.1, -0.05) is 41.5 Å². The summed E-state index contributed by atoms with van der Waals surface area (Å²) in [6.07, 6.45) is 2.18. The molecule has 0 aliphatic carbocycles. The number of nitrogens with zero attached hydrogens (tertiary/aromatic N) is 2. The molecule has 1 atom stereocenters. The van der Waals surface area contributed by atoms with Crippen molar-refractivity contribution in [1.82, 2.24) is 9.47 Å². The molecule has 1 fully saturated rings. The second-order valence-electron chi connectivity index (χ2n) is 8.08. The molecule has 0 radical (unpaired) electrons. The van der Waals surface area contributed by atoms with Crippen LogP contribution in [0.5, 0.6) is 0 Å². The lowest BCUT2D eigenvalue weighted by Gasteiger charge is -2.46. The van der Waals surface area contributed by atoms with Crippen molar-refractivity contribution in [3.63, 3.8) is 0 Å². The van der Waals surface area contributed by atoms with Gasteiger partial charge in [-0.15, -0.1) is 0 Å². The van der Waals surface area contributed by atoms with Gasteiger partial charge in [0.2, 0.25) is 0 Å². The van der Waals surface area contributed by atoms with Crippen molar-refractivity contribution >= 4 is 17.5 Å². The molecule has 6 heteroatoms. The minimum absolute atomic E-state index is 0.678. The third-order valence-corrected chi connectivity index (χ3v) is 14.3. The van der Waals surface area contributed by atoms with E-state index in [0.29, 0.717) is 5.92 Å². The fraction of sp³-hybridized carbons (Fsp3) is 1.00. The van der Waals surface area contributed by atoms with Gasteiger partial charge in [0.05, 0.1) is 0 Å². The van der Waals surface area contributed by atoms with Crippen LogP contribution in [-0.4, -0.2) is 72.9 Å². The smallest absolute Gasteiger partial charge is 0.321 e. The van der Waals surface area contributed by atoms with Gasteiger partial charge in [0.1, 0.15) is 8.24 Å². The Morgan fingerprint density at radius 3 is 1.77 bits per heavy atom. The first kappa shape index (κ1) is 24.3. The molecule has 1 saturated heterocycles. The van der Waals surface area contributed by atoms with Crippen molar-refractivity contribution in [2.45, 2.75) is 78.6 Å². The lowest BCUT2D eigenvalue weighted by molar-refractivity contribution is 0.156. The fourth-order valence-corrected chi connectivity index (χ4v) is 10.5. The Morgan fingerprint density at radius 2 is 1.35 bits per heavy atom. The first-order valence-corrected chi connectivity index (χ1v) is 15.6. The molecular weight excluding hydrogens is 356 g/mol. The van der Waals surface area contributed by atoms with E-state index < -0.39 is 17.5 Å². The first-order valence-electron chi connectivity index (χ1n) is 11.3. The zero-order chi connectivity index (χ0) is 19.4. The van der Waals surface area contributed by atoms with Crippen LogP contribution >= 0.6 is 0 Å². The fourth-order valence-electron chi connectivity index (χ4n) is 4.35. The van der Waals surface area contributed by atoms with Gasteiger partial charge in [-0.25, -0.2) is 0 Å². The van der Waals surface area contributed by atoms with Gasteiger partial charge >= 0.3 is 9.28 Å². The normalized spacial score (nSPS) is 18.6. The van der Waals surface area contributed by atoms with Crippen LogP contribution in [0, 0.1) is 5.92 Å². The van der Waals surface area contributed by atoms with E-state index in [-0.39, 0.29) is 0 Å². The minimum Gasteiger partial charge on any atom is -0.397 e. The van der Waals surface area contributed by atoms with Gasteiger partial charge in [0.25, 0.3) is 0 Å². The molecule has 1 aliphatic rings. The van der Waals surface area contributed by atoms with Crippen LogP contribution in [0.15, 0.2) is 0 Å². The Balaban J connectivity index is 2.42. The highest BCUT2D eigenvalue weighted by molar-refractivity contribution is 6.77. The molecule has 0 saturated carbocycles. The SMILES string of the molecule is CCCO[SiH](CC(C)CN1CCN([Si](CC)(CC)CC)CC1)OCCC. The van der Waals surface area contributed by atoms with Crippen LogP contribution in [0.1, 0.15) is 54.4 Å². The number of hydrogen-bond donors (Lipinski definition) is 0. The highest BCUT2D eigenvalue weighted by atomic mass is 28.3. The van der Waals surface area contributed by atoms with Gasteiger partial charge in [-0.3, -0.25) is 0 Å². The van der Waals surface area contributed by atoms with Crippen LogP contribution in [0.4, 0.5) is 0 Å². The molecule has 1 heterocycles. The van der Waals surface area contributed by atoms with Crippen LogP contribution in [0.2, 0.25) is 24.2 Å². The maximum atomic E-state index is 6.05. The van der Waals surface area contributed by atoms with E-state index in [4.69, 9.17) is 8.85 Å². The van der Waals surface area contributed by atoms with Gasteiger partial charge in [0, 0.05) is 45.9 Å². The molecule has 0 N–H and O–H groups in total. The molecule has 1 rings (SSSR count). The monoisotopic (exact) mass is 402 g/mol. The van der Waals surface area contributed by atoms with Crippen LogP contribution < -0.4 is 0 Å². The molecule has 0 spiro atoms. The van der Waals surface area contributed by atoms with Crippen LogP contribution in [0.3, 0.4) is 0 Å². The van der Waals surface area contributed by atoms with Crippen molar-refractivity contribution < 1.29 is 8.85 Å². The predicted molar refractivity (Wildman–Crippen MR) is 119 cm³/mol. The Labute approximate surface area is 166 Å². The number of hydrogen-bond acceptors (Lipinski definition) is 4. The summed E-state index contributed by atoms with van der Waals surface area (Å²) in [5.74, 6) is 0.678. The molecule has 1 unspecified atom stereocenters. The average Bonchev–Trinajstić information content (AvgIpc) is 2.67. The van der Waals surface area contributed by atoms with E-state index in [2.05, 4.69) is 51.0 Å². The second-order valence-corrected chi connectivity index (χ2v) is 15.3. The van der Waals surface area contributed by atoms with E-state index in [0.717, 1.165) is 32.1 Å². The van der Waals surface area contributed by atoms with Crippen molar-refractivity contribution in [3.05, 3.63) is 0 Å². The van der Waals surface area contributed by atoms with Gasteiger partial charge in [0.15, 0.2) is 0 Å². The van der Waals surface area contributed by atoms with E-state index in [1.807, 2.05) is 0 Å². The molecule has 156 valence electrons. The minimum atomic E-state index is -1.48. The Kier molecular flexibility index (Phi) is 12.6. The second kappa shape index (κ2) is 13.5. The molecule has 26 heavy (non-hydrogen) atoms. The highest BCUT2D eigenvalue weighted by Crippen LogP contribution is 2.26. The molecule has 1 aliphatic heterocycles. The summed E-state index contributed by atoms with van der Waals surface area (Å²) in [5.41, 5.74) is 0. The van der Waals surface area contributed by atoms with Crippen LogP contribution in [-0.2, 0) is 8.85 Å². The molecule has 4 nitrogen and oxygen atoms in total. The summed E-state index contributed by atoms with van der Waals surface area (Å²) in [6, 6.07) is 5.38. The molecule has 0 aromatic rings. The van der Waals surface area contributed by atoms with E-state index in [1.165, 1.54) is 50.9 Å². The average molecular weight is 403 g/mol. The van der Waals surface area contributed by atoms with E-state index in [1.54, 1.807) is 0 Å². The topological polar surface area (TPSA) is 24.9 Å². The quantitative estimate of drug-likeness (QED) is 0.404. The number of piperazine rings is 1. The summed E-state index contributed by atoms with van der Waals surface area (Å²) < 4.78 is 15.0. The zero-order valence-electron chi connectivity index (χ0n) is 18.6. The summed E-state index contributed by atoms with van der Waals surface area (Å²) in [7, 11) is -2.65. The summed E-state index contributed by atoms with van der Waals surface area (Å²) in [6.45, 7) is 22.0. The standard InChI is InChI=1S/C20H46N2O2Si2/c1-7-16-23-25(24-17-8-2)19-20(6)18-21-12-14-22(15-13-21)26(9-3,10-4)11-5/h20,25H,7-19H2,1-6H3. The van der Waals surface area contributed by atoms with Crippen molar-refractivity contribution in [2.75, 3.05) is 45.9 Å². The van der Waals surface area contributed by atoms with Crippen molar-refractivity contribution in [3.8, 4) is 0 Å². The lowest BCUT2D eigenvalue weighted by Crippen LogP contribution is -2.59. The first-order chi connectivity index (χ1) is 12.5. The van der Waals surface area contributed by atoms with Crippen molar-refractivity contribution in [1.29, 1.82) is 0 Å². The van der Waals surface area contributed by atoms with Gasteiger partial charge in [-0.05, 0) is 42.9 Å². The van der Waals surface area contributed by atoms with Gasteiger partial charge < -0.3 is 18.3 Å². The van der Waals surface area contributed by atoms with Crippen molar-refractivity contribution in [2.24, 2.45) is 5.92 Å². The molecule has 0 aromatic carbocycles. The highest BCUT2D eigenvalue weighted by Gasteiger charge is 2.36. The summed E-state index contributed by atoms with van der Waals surface area (Å²) in [4.78, 5) is 2.69. The third-order valence-electron chi connectivity index (χ3n) is 6.20. The van der Waals surface area contributed by atoms with Gasteiger partial charge in [-0.2, -0.15) is 0 Å². The third kappa shape index (κ3) is 7.72. The molecule has 0 bridgehead atoms. The Bertz CT molecular complexity index is 332. The van der Waals surface area contributed by atoms with E-state index >= 15 is 0 Å². The molecule has 0 aromatic heterocycles. The zero-order valence-corrected chi connectivity index (χ0v) is 20.7. The molecule has 0 amide bonds. The Hall–Kier alpha value is 0.274. The number of rotatable bonds is 14. The molecular formula is C20H46N2O2Si2. The lowest BCUT2D eigenvalue weighted by atomic mass is 10.2.